The third-order valence-corrected chi connectivity index (χ3v) is 9.38. The lowest BCUT2D eigenvalue weighted by Gasteiger charge is -2.21. The van der Waals surface area contributed by atoms with Crippen molar-refractivity contribution in [3.63, 3.8) is 0 Å². The number of hydrogen-bond acceptors (Lipinski definition) is 15. The third kappa shape index (κ3) is 16.1. The summed E-state index contributed by atoms with van der Waals surface area (Å²) >= 11 is -3.36. The van der Waals surface area contributed by atoms with Gasteiger partial charge in [0, 0.05) is 48.5 Å². The molecule has 350 valence electrons. The average Bonchev–Trinajstić information content (AvgIpc) is 3.44. The van der Waals surface area contributed by atoms with E-state index < -0.39 is 57.4 Å². The van der Waals surface area contributed by atoms with Gasteiger partial charge in [0.25, 0.3) is 5.91 Å². The lowest BCUT2D eigenvalue weighted by atomic mass is 10.0. The molecule has 2 aromatic carbocycles. The molecule has 0 saturated heterocycles. The molecule has 4 rings (SSSR count). The van der Waals surface area contributed by atoms with Crippen molar-refractivity contribution in [1.29, 1.82) is 0 Å². The van der Waals surface area contributed by atoms with E-state index in [4.69, 9.17) is 38.8 Å². The van der Waals surface area contributed by atoms with E-state index in [0.29, 0.717) is 42.7 Å². The van der Waals surface area contributed by atoms with Crippen molar-refractivity contribution in [2.45, 2.75) is 51.0 Å². The number of halogens is 4. The molecule has 1 aliphatic rings. The molecule has 0 radical (unpaired) electrons. The molecule has 3 aromatic rings. The zero-order valence-corrected chi connectivity index (χ0v) is 36.0. The van der Waals surface area contributed by atoms with Crippen LogP contribution in [0.25, 0.3) is 17.2 Å². The number of carbonyl (C=O) groups is 3. The molecular formula is C41H50F4N6O12S. The van der Waals surface area contributed by atoms with E-state index in [2.05, 4.69) is 25.0 Å². The maximum Gasteiger partial charge on any atom is 0.313 e. The van der Waals surface area contributed by atoms with E-state index in [1.807, 2.05) is 32.0 Å². The van der Waals surface area contributed by atoms with Gasteiger partial charge in [-0.1, -0.05) is 19.1 Å². The standard InChI is InChI=1S/C41H50F4N6O12S/c1-3-9-51(62-4-2)41(54)28-20-27-6-5-26(21-30(27)50-31(46)22-28)29-23-47-32(48-24-29)25-49-33(52)7-10-57-12-14-59-16-18-61-19-17-60-15-13-58-11-8-34(53)63-39-35(42)37(44)40(64(55)56)38(45)36(39)43/h5-6,20-21,23-24H,3-4,7-19,22,25H2,1-2H3,(H2,46,50)(H,49,52)(H,55,56). The fraction of sp³-hybridized carbons (Fsp3) is 0.463. The van der Waals surface area contributed by atoms with Crippen LogP contribution in [0.4, 0.5) is 23.2 Å². The molecule has 0 saturated carbocycles. The fourth-order valence-corrected chi connectivity index (χ4v) is 6.10. The second-order valence-corrected chi connectivity index (χ2v) is 14.3. The highest BCUT2D eigenvalue weighted by molar-refractivity contribution is 7.79. The minimum absolute atomic E-state index is 0.0375. The molecular weight excluding hydrogens is 877 g/mol. The van der Waals surface area contributed by atoms with Crippen LogP contribution in [0.1, 0.15) is 50.9 Å². The van der Waals surface area contributed by atoms with Gasteiger partial charge in [-0.15, -0.1) is 0 Å². The third-order valence-electron chi connectivity index (χ3n) is 8.68. The first kappa shape index (κ1) is 51.4. The van der Waals surface area contributed by atoms with Crippen molar-refractivity contribution in [2.24, 2.45) is 10.7 Å². The van der Waals surface area contributed by atoms with Crippen molar-refractivity contribution in [3.05, 3.63) is 70.8 Å². The van der Waals surface area contributed by atoms with Gasteiger partial charge >= 0.3 is 5.97 Å². The van der Waals surface area contributed by atoms with E-state index in [9.17, 15) is 36.2 Å². The molecule has 23 heteroatoms. The highest BCUT2D eigenvalue weighted by Crippen LogP contribution is 2.33. The summed E-state index contributed by atoms with van der Waals surface area (Å²) in [4.78, 5) is 54.4. The topological polar surface area (TPSA) is 233 Å². The van der Waals surface area contributed by atoms with Crippen LogP contribution in [0.5, 0.6) is 5.75 Å². The van der Waals surface area contributed by atoms with Gasteiger partial charge in [-0.2, -0.15) is 8.78 Å². The molecule has 18 nitrogen and oxygen atoms in total. The number of rotatable bonds is 28. The number of nitrogens with one attached hydrogen (secondary N) is 1. The average molecular weight is 927 g/mol. The van der Waals surface area contributed by atoms with Gasteiger partial charge in [-0.25, -0.2) is 33.0 Å². The molecule has 1 aliphatic heterocycles. The van der Waals surface area contributed by atoms with Crippen LogP contribution < -0.4 is 15.8 Å². The summed E-state index contributed by atoms with van der Waals surface area (Å²) < 4.78 is 106. The molecule has 2 heterocycles. The number of ether oxygens (including phenoxy) is 6. The Morgan fingerprint density at radius 1 is 0.812 bits per heavy atom. The number of fused-ring (bicyclic) bond motifs is 1. The second-order valence-electron chi connectivity index (χ2n) is 13.4. The zero-order chi connectivity index (χ0) is 46.4. The van der Waals surface area contributed by atoms with Gasteiger partial charge < -0.3 is 44.0 Å². The second kappa shape index (κ2) is 27.1. The predicted octanol–water partition coefficient (Wildman–Crippen LogP) is 4.33. The number of aliphatic imine (C=N–C) groups is 1. The van der Waals surface area contributed by atoms with Gasteiger partial charge in [-0.3, -0.25) is 19.2 Å². The summed E-state index contributed by atoms with van der Waals surface area (Å²) in [6.45, 7) is 6.44. The number of nitrogens with two attached hydrogens (primary N) is 1. The Labute approximate surface area is 368 Å². The van der Waals surface area contributed by atoms with E-state index in [0.717, 1.165) is 23.1 Å². The number of aromatic nitrogens is 2. The number of benzene rings is 2. The zero-order valence-electron chi connectivity index (χ0n) is 35.2. The number of hydroxylamine groups is 2. The Balaban J connectivity index is 0.994. The Morgan fingerprint density at radius 3 is 1.92 bits per heavy atom. The van der Waals surface area contributed by atoms with Crippen LogP contribution in [0.2, 0.25) is 0 Å². The largest absolute Gasteiger partial charge is 0.420 e. The van der Waals surface area contributed by atoms with Gasteiger partial charge in [-0.05, 0) is 31.1 Å². The maximum absolute atomic E-state index is 14.0. The fourth-order valence-electron chi connectivity index (χ4n) is 5.61. The van der Waals surface area contributed by atoms with Crippen LogP contribution >= 0.6 is 0 Å². The van der Waals surface area contributed by atoms with E-state index in [1.165, 1.54) is 5.06 Å². The summed E-state index contributed by atoms with van der Waals surface area (Å²) in [7, 11) is 0. The van der Waals surface area contributed by atoms with Crippen molar-refractivity contribution in [2.75, 3.05) is 79.2 Å². The monoisotopic (exact) mass is 926 g/mol. The van der Waals surface area contributed by atoms with Crippen LogP contribution in [0, 0.1) is 23.3 Å². The molecule has 0 spiro atoms. The number of amides is 2. The SMILES string of the molecule is CCCN(OCC)C(=O)C1=Cc2ccc(-c3cnc(CNC(=O)CCOCCOCCOCCOCCOCCC(=O)Oc4c(F)c(F)c(S(=O)O)c(F)c4F)nc3)cc2N=C(N)C1. The van der Waals surface area contributed by atoms with E-state index >= 15 is 0 Å². The van der Waals surface area contributed by atoms with Crippen molar-refractivity contribution in [1.82, 2.24) is 20.3 Å². The first-order chi connectivity index (χ1) is 30.8. The summed E-state index contributed by atoms with van der Waals surface area (Å²) in [5.74, 6) is -11.3. The highest BCUT2D eigenvalue weighted by atomic mass is 32.2. The lowest BCUT2D eigenvalue weighted by molar-refractivity contribution is -0.180. The molecule has 0 fully saturated rings. The number of amidine groups is 1. The Kier molecular flexibility index (Phi) is 21.8. The van der Waals surface area contributed by atoms with Crippen molar-refractivity contribution in [3.8, 4) is 16.9 Å². The quantitative estimate of drug-likeness (QED) is 0.0175. The van der Waals surface area contributed by atoms with Crippen LogP contribution in [-0.2, 0) is 60.5 Å². The molecule has 1 unspecified atom stereocenters. The minimum Gasteiger partial charge on any atom is -0.420 e. The number of esters is 1. The van der Waals surface area contributed by atoms with Crippen LogP contribution in [0.15, 0.2) is 46.1 Å². The van der Waals surface area contributed by atoms with Crippen LogP contribution in [0.3, 0.4) is 0 Å². The Hall–Kier alpha value is -5.27. The molecule has 2 amide bonds. The van der Waals surface area contributed by atoms with Gasteiger partial charge in [0.05, 0.1) is 91.3 Å². The minimum atomic E-state index is -3.36. The smallest absolute Gasteiger partial charge is 0.313 e. The molecule has 0 bridgehead atoms. The van der Waals surface area contributed by atoms with Gasteiger partial charge in [0.1, 0.15) is 16.6 Å². The molecule has 64 heavy (non-hydrogen) atoms. The summed E-state index contributed by atoms with van der Waals surface area (Å²) in [5, 5.41) is 4.12. The summed E-state index contributed by atoms with van der Waals surface area (Å²) in [6, 6.07) is 5.60. The summed E-state index contributed by atoms with van der Waals surface area (Å²) in [5.41, 5.74) is 9.57. The van der Waals surface area contributed by atoms with Gasteiger partial charge in [0.15, 0.2) is 22.7 Å². The first-order valence-electron chi connectivity index (χ1n) is 20.1. The van der Waals surface area contributed by atoms with E-state index in [1.54, 1.807) is 18.5 Å². The van der Waals surface area contributed by atoms with Crippen LogP contribution in [-0.4, -0.2) is 127 Å². The first-order valence-corrected chi connectivity index (χ1v) is 21.2. The highest BCUT2D eigenvalue weighted by Gasteiger charge is 2.31. The number of carbonyl (C=O) groups excluding carboxylic acids is 3. The normalized spacial score (nSPS) is 12.8. The molecule has 0 aliphatic carbocycles. The van der Waals surface area contributed by atoms with Gasteiger partial charge in [0.2, 0.25) is 23.3 Å². The maximum atomic E-state index is 14.0. The lowest BCUT2D eigenvalue weighted by Crippen LogP contribution is -2.34. The molecule has 4 N–H and O–H groups in total. The Bertz CT molecular complexity index is 2100. The van der Waals surface area contributed by atoms with Crippen molar-refractivity contribution >= 4 is 46.5 Å². The van der Waals surface area contributed by atoms with Crippen molar-refractivity contribution < 1.29 is 74.0 Å². The number of hydrogen-bond donors (Lipinski definition) is 3. The number of nitrogens with zero attached hydrogens (tertiary/aromatic N) is 4. The van der Waals surface area contributed by atoms with E-state index in [-0.39, 0.29) is 90.7 Å². The Morgan fingerprint density at radius 2 is 1.38 bits per heavy atom. The summed E-state index contributed by atoms with van der Waals surface area (Å²) in [6.07, 6.45) is 5.62. The molecule has 1 atom stereocenters. The predicted molar refractivity (Wildman–Crippen MR) is 221 cm³/mol. The molecule has 1 aromatic heterocycles.